The lowest BCUT2D eigenvalue weighted by molar-refractivity contribution is -0.383. The maximum atomic E-state index is 12.2. The lowest BCUT2D eigenvalue weighted by atomic mass is 10.2. The van der Waals surface area contributed by atoms with Crippen molar-refractivity contribution in [3.8, 4) is 0 Å². The third-order valence-corrected chi connectivity index (χ3v) is 4.35. The number of hydrogen-bond acceptors (Lipinski definition) is 7. The van der Waals surface area contributed by atoms with Gasteiger partial charge in [0.2, 0.25) is 11.6 Å². The van der Waals surface area contributed by atoms with Gasteiger partial charge in [-0.05, 0) is 36.4 Å². The first-order valence-electron chi connectivity index (χ1n) is 7.88. The molecular formula is C17H11Cl3N6O3. The van der Waals surface area contributed by atoms with Gasteiger partial charge in [0, 0.05) is 15.6 Å². The molecule has 9 nitrogen and oxygen atoms in total. The highest BCUT2D eigenvalue weighted by Gasteiger charge is 2.24. The maximum Gasteiger partial charge on any atom is 0.355 e. The number of benzene rings is 2. The van der Waals surface area contributed by atoms with Gasteiger partial charge in [0.1, 0.15) is 6.33 Å². The van der Waals surface area contributed by atoms with Crippen LogP contribution in [0.15, 0.2) is 48.8 Å². The summed E-state index contributed by atoms with van der Waals surface area (Å²) in [5.74, 6) is -0.919. The van der Waals surface area contributed by atoms with E-state index in [9.17, 15) is 14.9 Å². The van der Waals surface area contributed by atoms with Crippen LogP contribution in [0, 0.1) is 10.1 Å². The fourth-order valence-electron chi connectivity index (χ4n) is 2.27. The minimum Gasteiger partial charge on any atom is -0.333 e. The topological polar surface area (TPSA) is 122 Å². The van der Waals surface area contributed by atoms with E-state index in [2.05, 4.69) is 26.1 Å². The van der Waals surface area contributed by atoms with Gasteiger partial charge in [-0.3, -0.25) is 25.8 Å². The van der Waals surface area contributed by atoms with Crippen molar-refractivity contribution in [2.45, 2.75) is 0 Å². The minimum atomic E-state index is -0.694. The number of rotatable bonds is 6. The highest BCUT2D eigenvalue weighted by Crippen LogP contribution is 2.34. The Kier molecular flexibility index (Phi) is 6.32. The molecule has 0 aliphatic carbocycles. The Balaban J connectivity index is 1.85. The molecule has 0 bridgehead atoms. The third kappa shape index (κ3) is 5.02. The number of hydrogen-bond donors (Lipinski definition) is 3. The first-order valence-corrected chi connectivity index (χ1v) is 9.02. The SMILES string of the molecule is O=C(NNc1ncnc(Nc2ccc(Cl)cc2Cl)c1[N+](=O)[O-])c1cccc(Cl)c1. The van der Waals surface area contributed by atoms with Crippen molar-refractivity contribution in [3.63, 3.8) is 0 Å². The highest BCUT2D eigenvalue weighted by molar-refractivity contribution is 6.36. The monoisotopic (exact) mass is 452 g/mol. The summed E-state index contributed by atoms with van der Waals surface area (Å²) in [6.45, 7) is 0. The molecule has 0 spiro atoms. The molecule has 0 aliphatic rings. The number of nitrogens with zero attached hydrogens (tertiary/aromatic N) is 3. The molecule has 2 aromatic carbocycles. The summed E-state index contributed by atoms with van der Waals surface area (Å²) in [5.41, 5.74) is 4.88. The average Bonchev–Trinajstić information content (AvgIpc) is 2.68. The van der Waals surface area contributed by atoms with Gasteiger partial charge >= 0.3 is 5.69 Å². The van der Waals surface area contributed by atoms with Gasteiger partial charge in [-0.2, -0.15) is 0 Å². The number of hydrazine groups is 1. The molecule has 1 heterocycles. The summed E-state index contributed by atoms with van der Waals surface area (Å²) in [6.07, 6.45) is 1.09. The largest absolute Gasteiger partial charge is 0.355 e. The third-order valence-electron chi connectivity index (χ3n) is 3.57. The summed E-state index contributed by atoms with van der Waals surface area (Å²) in [6, 6.07) is 10.8. The predicted octanol–water partition coefficient (Wildman–Crippen LogP) is 4.85. The fraction of sp³-hybridized carbons (Fsp3) is 0. The van der Waals surface area contributed by atoms with Crippen LogP contribution >= 0.6 is 34.8 Å². The van der Waals surface area contributed by atoms with Crippen molar-refractivity contribution >= 4 is 63.7 Å². The van der Waals surface area contributed by atoms with E-state index >= 15 is 0 Å². The normalized spacial score (nSPS) is 10.3. The van der Waals surface area contributed by atoms with Crippen molar-refractivity contribution in [2.24, 2.45) is 0 Å². The minimum absolute atomic E-state index is 0.131. The molecule has 0 saturated heterocycles. The zero-order valence-electron chi connectivity index (χ0n) is 14.3. The van der Waals surface area contributed by atoms with E-state index in [1.54, 1.807) is 24.3 Å². The smallest absolute Gasteiger partial charge is 0.333 e. The van der Waals surface area contributed by atoms with Gasteiger partial charge in [-0.15, -0.1) is 0 Å². The molecular weight excluding hydrogens is 443 g/mol. The second kappa shape index (κ2) is 8.91. The van der Waals surface area contributed by atoms with E-state index in [0.29, 0.717) is 15.7 Å². The van der Waals surface area contributed by atoms with E-state index < -0.39 is 16.5 Å². The van der Waals surface area contributed by atoms with Gasteiger partial charge in [-0.25, -0.2) is 9.97 Å². The molecule has 3 aromatic rings. The molecule has 148 valence electrons. The summed E-state index contributed by atoms with van der Waals surface area (Å²) >= 11 is 17.8. The Labute approximate surface area is 179 Å². The van der Waals surface area contributed by atoms with E-state index in [1.807, 2.05) is 0 Å². The average molecular weight is 454 g/mol. The van der Waals surface area contributed by atoms with E-state index in [1.165, 1.54) is 18.2 Å². The Morgan fingerprint density at radius 2 is 1.72 bits per heavy atom. The van der Waals surface area contributed by atoms with Crippen LogP contribution in [0.1, 0.15) is 10.4 Å². The molecule has 29 heavy (non-hydrogen) atoms. The fourth-order valence-corrected chi connectivity index (χ4v) is 2.92. The molecule has 3 N–H and O–H groups in total. The van der Waals surface area contributed by atoms with Crippen molar-refractivity contribution in [3.05, 3.63) is 79.5 Å². The van der Waals surface area contributed by atoms with Crippen LogP contribution in [0.2, 0.25) is 15.1 Å². The van der Waals surface area contributed by atoms with Crippen LogP contribution in [-0.2, 0) is 0 Å². The van der Waals surface area contributed by atoms with Crippen LogP contribution in [0.5, 0.6) is 0 Å². The van der Waals surface area contributed by atoms with Gasteiger partial charge in [0.25, 0.3) is 5.91 Å². The number of anilines is 3. The van der Waals surface area contributed by atoms with E-state index in [-0.39, 0.29) is 22.2 Å². The predicted molar refractivity (Wildman–Crippen MR) is 111 cm³/mol. The number of amides is 1. The Hall–Kier alpha value is -3.14. The Morgan fingerprint density at radius 3 is 2.41 bits per heavy atom. The summed E-state index contributed by atoms with van der Waals surface area (Å²) in [5, 5.41) is 15.4. The lowest BCUT2D eigenvalue weighted by Crippen LogP contribution is -2.30. The second-order valence-corrected chi connectivity index (χ2v) is 6.80. The number of aromatic nitrogens is 2. The highest BCUT2D eigenvalue weighted by atomic mass is 35.5. The zero-order chi connectivity index (χ0) is 21.0. The molecule has 0 saturated carbocycles. The number of halogens is 3. The molecule has 0 radical (unpaired) electrons. The molecule has 12 heteroatoms. The van der Waals surface area contributed by atoms with Crippen molar-refractivity contribution in [1.82, 2.24) is 15.4 Å². The Bertz CT molecular complexity index is 1100. The zero-order valence-corrected chi connectivity index (χ0v) is 16.6. The summed E-state index contributed by atoms with van der Waals surface area (Å²) in [7, 11) is 0. The van der Waals surface area contributed by atoms with Gasteiger partial charge < -0.3 is 5.32 Å². The standard InChI is InChI=1S/C17H11Cl3N6O3/c18-10-3-1-2-9(6-10)17(27)25-24-16-14(26(28)29)15(21-8-22-16)23-13-5-4-11(19)7-12(13)20/h1-8H,(H,25,27)(H2,21,22,23,24). The Morgan fingerprint density at radius 1 is 1.00 bits per heavy atom. The van der Waals surface area contributed by atoms with Crippen LogP contribution < -0.4 is 16.2 Å². The first-order chi connectivity index (χ1) is 13.8. The van der Waals surface area contributed by atoms with Crippen LogP contribution in [-0.4, -0.2) is 20.8 Å². The van der Waals surface area contributed by atoms with Gasteiger partial charge in [0.05, 0.1) is 15.6 Å². The first kappa shape index (κ1) is 20.6. The summed E-state index contributed by atoms with van der Waals surface area (Å²) < 4.78 is 0. The number of nitro groups is 1. The van der Waals surface area contributed by atoms with Crippen LogP contribution in [0.25, 0.3) is 0 Å². The molecule has 1 amide bonds. The molecule has 0 aliphatic heterocycles. The van der Waals surface area contributed by atoms with Crippen LogP contribution in [0.3, 0.4) is 0 Å². The van der Waals surface area contributed by atoms with Crippen molar-refractivity contribution in [2.75, 3.05) is 10.7 Å². The van der Waals surface area contributed by atoms with Crippen LogP contribution in [0.4, 0.5) is 23.0 Å². The van der Waals surface area contributed by atoms with Gasteiger partial charge in [0.15, 0.2) is 0 Å². The number of carbonyl (C=O) groups is 1. The van der Waals surface area contributed by atoms with Gasteiger partial charge in [-0.1, -0.05) is 40.9 Å². The molecule has 0 unspecified atom stereocenters. The molecule has 0 fully saturated rings. The van der Waals surface area contributed by atoms with E-state index in [4.69, 9.17) is 34.8 Å². The summed E-state index contributed by atoms with van der Waals surface area (Å²) in [4.78, 5) is 30.8. The number of nitrogens with one attached hydrogen (secondary N) is 3. The van der Waals surface area contributed by atoms with Crippen molar-refractivity contribution < 1.29 is 9.72 Å². The molecule has 1 aromatic heterocycles. The second-order valence-electron chi connectivity index (χ2n) is 5.52. The number of carbonyl (C=O) groups excluding carboxylic acids is 1. The van der Waals surface area contributed by atoms with Crippen molar-refractivity contribution in [1.29, 1.82) is 0 Å². The quantitative estimate of drug-likeness (QED) is 0.360. The van der Waals surface area contributed by atoms with E-state index in [0.717, 1.165) is 6.33 Å². The molecule has 3 rings (SSSR count). The lowest BCUT2D eigenvalue weighted by Gasteiger charge is -2.12. The maximum absolute atomic E-state index is 12.2. The molecule has 0 atom stereocenters.